The minimum Gasteiger partial charge on any atom is -0.356 e. The largest absolute Gasteiger partial charge is 0.356 e. The smallest absolute Gasteiger partial charge is 0.222 e. The summed E-state index contributed by atoms with van der Waals surface area (Å²) >= 11 is 0. The van der Waals surface area contributed by atoms with Gasteiger partial charge < -0.3 is 20.1 Å². The number of benzene rings is 1. The monoisotopic (exact) mass is 483 g/mol. The zero-order valence-electron chi connectivity index (χ0n) is 15.6. The Hall–Kier alpha value is -2.10. The highest BCUT2D eigenvalue weighted by molar-refractivity contribution is 14.0. The van der Waals surface area contributed by atoms with Gasteiger partial charge in [-0.25, -0.2) is 0 Å². The average molecular weight is 483 g/mol. The Morgan fingerprint density at radius 3 is 2.85 bits per heavy atom. The normalized spacial score (nSPS) is 16.7. The van der Waals surface area contributed by atoms with Gasteiger partial charge in [0.15, 0.2) is 11.7 Å². The van der Waals surface area contributed by atoms with Crippen LogP contribution in [0.25, 0.3) is 11.3 Å². The molecule has 0 saturated carbocycles. The number of aromatic nitrogens is 1. The minimum absolute atomic E-state index is 0. The predicted molar refractivity (Wildman–Crippen MR) is 116 cm³/mol. The molecule has 1 amide bonds. The number of hydrogen-bond donors (Lipinski definition) is 2. The highest BCUT2D eigenvalue weighted by Gasteiger charge is 2.25. The van der Waals surface area contributed by atoms with Crippen LogP contribution in [-0.4, -0.2) is 48.1 Å². The van der Waals surface area contributed by atoms with E-state index in [1.54, 1.807) is 7.05 Å². The van der Waals surface area contributed by atoms with Gasteiger partial charge in [0, 0.05) is 44.2 Å². The van der Waals surface area contributed by atoms with Crippen LogP contribution in [0.2, 0.25) is 0 Å². The molecule has 3 rings (SSSR count). The predicted octanol–water partition coefficient (Wildman–Crippen LogP) is 2.64. The van der Waals surface area contributed by atoms with E-state index in [9.17, 15) is 4.79 Å². The number of carbonyl (C=O) groups excluding carboxylic acids is 1. The van der Waals surface area contributed by atoms with Gasteiger partial charge in [-0.05, 0) is 6.42 Å². The second kappa shape index (κ2) is 10.3. The standard InChI is InChI=1S/C19H25N5O2.HI/c1-3-18(25)24-10-9-15(13-24)22-19(20-2)21-12-16-11-17(26-23-16)14-7-5-4-6-8-14;/h4-8,11,15H,3,9-10,12-13H2,1-2H3,(H2,20,21,22);1H. The fourth-order valence-corrected chi connectivity index (χ4v) is 3.02. The summed E-state index contributed by atoms with van der Waals surface area (Å²) in [5, 5.41) is 10.7. The van der Waals surface area contributed by atoms with Crippen LogP contribution in [-0.2, 0) is 11.3 Å². The molecule has 2 N–H and O–H groups in total. The van der Waals surface area contributed by atoms with Gasteiger partial charge >= 0.3 is 0 Å². The molecule has 1 aromatic heterocycles. The summed E-state index contributed by atoms with van der Waals surface area (Å²) in [5.41, 5.74) is 1.81. The van der Waals surface area contributed by atoms with Gasteiger partial charge in [-0.3, -0.25) is 9.79 Å². The number of carbonyl (C=O) groups is 1. The number of rotatable bonds is 5. The van der Waals surface area contributed by atoms with Crippen molar-refractivity contribution in [1.82, 2.24) is 20.7 Å². The second-order valence-corrected chi connectivity index (χ2v) is 6.30. The van der Waals surface area contributed by atoms with Gasteiger partial charge in [-0.1, -0.05) is 42.4 Å². The number of nitrogens with zero attached hydrogens (tertiary/aromatic N) is 3. The fourth-order valence-electron chi connectivity index (χ4n) is 3.02. The van der Waals surface area contributed by atoms with Crippen LogP contribution in [0.1, 0.15) is 25.5 Å². The molecule has 8 heteroatoms. The third-order valence-electron chi connectivity index (χ3n) is 4.46. The van der Waals surface area contributed by atoms with E-state index >= 15 is 0 Å². The van der Waals surface area contributed by atoms with Crippen LogP contribution >= 0.6 is 24.0 Å². The maximum absolute atomic E-state index is 11.8. The van der Waals surface area contributed by atoms with Crippen LogP contribution in [0.4, 0.5) is 0 Å². The summed E-state index contributed by atoms with van der Waals surface area (Å²) in [5.74, 6) is 1.65. The fraction of sp³-hybridized carbons (Fsp3) is 0.421. The van der Waals surface area contributed by atoms with Gasteiger partial charge in [0.1, 0.15) is 5.69 Å². The highest BCUT2D eigenvalue weighted by Crippen LogP contribution is 2.19. The van der Waals surface area contributed by atoms with Crippen molar-refractivity contribution < 1.29 is 9.32 Å². The van der Waals surface area contributed by atoms with Crippen molar-refractivity contribution in [1.29, 1.82) is 0 Å². The molecule has 7 nitrogen and oxygen atoms in total. The molecule has 0 spiro atoms. The summed E-state index contributed by atoms with van der Waals surface area (Å²) in [4.78, 5) is 17.9. The maximum atomic E-state index is 11.8. The molecular weight excluding hydrogens is 457 g/mol. The van der Waals surface area contributed by atoms with Crippen molar-refractivity contribution in [2.75, 3.05) is 20.1 Å². The Morgan fingerprint density at radius 1 is 1.37 bits per heavy atom. The summed E-state index contributed by atoms with van der Waals surface area (Å²) < 4.78 is 5.41. The molecule has 146 valence electrons. The lowest BCUT2D eigenvalue weighted by molar-refractivity contribution is -0.129. The number of guanidine groups is 1. The van der Waals surface area contributed by atoms with Crippen LogP contribution in [0, 0.1) is 0 Å². The molecule has 1 aromatic carbocycles. The van der Waals surface area contributed by atoms with Crippen molar-refractivity contribution in [3.05, 3.63) is 42.1 Å². The highest BCUT2D eigenvalue weighted by atomic mass is 127. The summed E-state index contributed by atoms with van der Waals surface area (Å²) in [6.07, 6.45) is 1.48. The van der Waals surface area contributed by atoms with Crippen molar-refractivity contribution >= 4 is 35.8 Å². The molecule has 2 heterocycles. The lowest BCUT2D eigenvalue weighted by Gasteiger charge is -2.18. The molecule has 1 aliphatic rings. The van der Waals surface area contributed by atoms with Gasteiger partial charge in [-0.15, -0.1) is 24.0 Å². The van der Waals surface area contributed by atoms with Crippen molar-refractivity contribution in [2.45, 2.75) is 32.4 Å². The number of halogens is 1. The van der Waals surface area contributed by atoms with Crippen molar-refractivity contribution in [3.8, 4) is 11.3 Å². The number of likely N-dealkylation sites (tertiary alicyclic amines) is 1. The molecular formula is C19H26IN5O2. The van der Waals surface area contributed by atoms with Gasteiger partial charge in [-0.2, -0.15) is 0 Å². The molecule has 1 unspecified atom stereocenters. The van der Waals surface area contributed by atoms with E-state index in [-0.39, 0.29) is 35.9 Å². The van der Waals surface area contributed by atoms with Crippen molar-refractivity contribution in [2.24, 2.45) is 4.99 Å². The molecule has 1 atom stereocenters. The van der Waals surface area contributed by atoms with Gasteiger partial charge in [0.25, 0.3) is 0 Å². The average Bonchev–Trinajstić information content (AvgIpc) is 3.35. The first-order chi connectivity index (χ1) is 12.7. The topological polar surface area (TPSA) is 82.8 Å². The lowest BCUT2D eigenvalue weighted by Crippen LogP contribution is -2.44. The molecule has 0 bridgehead atoms. The second-order valence-electron chi connectivity index (χ2n) is 6.30. The molecule has 1 saturated heterocycles. The Balaban J connectivity index is 0.00000261. The van der Waals surface area contributed by atoms with Crippen LogP contribution in [0.3, 0.4) is 0 Å². The van der Waals surface area contributed by atoms with E-state index in [0.717, 1.165) is 36.5 Å². The molecule has 1 fully saturated rings. The van der Waals surface area contributed by atoms with Crippen LogP contribution < -0.4 is 10.6 Å². The van der Waals surface area contributed by atoms with Crippen molar-refractivity contribution in [3.63, 3.8) is 0 Å². The summed E-state index contributed by atoms with van der Waals surface area (Å²) in [6.45, 7) is 3.92. The number of hydrogen-bond acceptors (Lipinski definition) is 4. The van der Waals surface area contributed by atoms with E-state index in [0.29, 0.717) is 18.9 Å². The Kier molecular flexibility index (Phi) is 8.08. The Labute approximate surface area is 176 Å². The molecule has 1 aliphatic heterocycles. The number of amides is 1. The number of nitrogens with one attached hydrogen (secondary N) is 2. The van der Waals surface area contributed by atoms with E-state index in [1.807, 2.05) is 48.2 Å². The van der Waals surface area contributed by atoms with Crippen LogP contribution in [0.15, 0.2) is 45.9 Å². The quantitative estimate of drug-likeness (QED) is 0.388. The minimum atomic E-state index is 0. The Morgan fingerprint density at radius 2 is 2.15 bits per heavy atom. The molecule has 2 aromatic rings. The summed E-state index contributed by atoms with van der Waals surface area (Å²) in [6, 6.07) is 12.0. The van der Waals surface area contributed by atoms with Crippen LogP contribution in [0.5, 0.6) is 0 Å². The number of aliphatic imine (C=N–C) groups is 1. The van der Waals surface area contributed by atoms with Gasteiger partial charge in [0.05, 0.1) is 6.54 Å². The summed E-state index contributed by atoms with van der Waals surface area (Å²) in [7, 11) is 1.73. The van der Waals surface area contributed by atoms with Gasteiger partial charge in [0.2, 0.25) is 5.91 Å². The zero-order valence-corrected chi connectivity index (χ0v) is 18.0. The lowest BCUT2D eigenvalue weighted by atomic mass is 10.2. The third-order valence-corrected chi connectivity index (χ3v) is 4.46. The Bertz CT molecular complexity index is 762. The first kappa shape index (κ1) is 21.2. The SMILES string of the molecule is CCC(=O)N1CCC(NC(=NC)NCc2cc(-c3ccccc3)on2)C1.I. The zero-order chi connectivity index (χ0) is 18.4. The maximum Gasteiger partial charge on any atom is 0.222 e. The van der Waals surface area contributed by atoms with E-state index in [2.05, 4.69) is 20.8 Å². The molecule has 27 heavy (non-hydrogen) atoms. The van der Waals surface area contributed by atoms with E-state index in [4.69, 9.17) is 4.52 Å². The molecule has 0 aliphatic carbocycles. The van der Waals surface area contributed by atoms with E-state index in [1.165, 1.54) is 0 Å². The third kappa shape index (κ3) is 5.69. The first-order valence-electron chi connectivity index (χ1n) is 8.95. The molecule has 0 radical (unpaired) electrons. The first-order valence-corrected chi connectivity index (χ1v) is 8.95. The van der Waals surface area contributed by atoms with E-state index < -0.39 is 0 Å².